The number of carboxylic acids is 2. The molecule has 9 N–H and O–H groups in total. The molecular weight excluding hydrogens is 428 g/mol. The van der Waals surface area contributed by atoms with Crippen molar-refractivity contribution in [2.24, 2.45) is 5.73 Å². The van der Waals surface area contributed by atoms with Crippen LogP contribution in [0.15, 0.2) is 12.5 Å². The summed E-state index contributed by atoms with van der Waals surface area (Å²) in [5.41, 5.74) is 6.40. The van der Waals surface area contributed by atoms with Crippen molar-refractivity contribution in [3.63, 3.8) is 0 Å². The summed E-state index contributed by atoms with van der Waals surface area (Å²) in [5.74, 6) is -5.15. The van der Waals surface area contributed by atoms with Gasteiger partial charge in [-0.25, -0.2) is 9.78 Å². The Hall–Kier alpha value is -3.52. The highest BCUT2D eigenvalue weighted by Crippen LogP contribution is 2.03. The van der Waals surface area contributed by atoms with Crippen molar-refractivity contribution in [1.29, 1.82) is 0 Å². The van der Waals surface area contributed by atoms with Crippen molar-refractivity contribution in [2.45, 2.75) is 63.4 Å². The number of carboxylic acid groups (broad SMARTS) is 2. The standard InChI is InChI=1S/C18H28N6O8/c1-8(15(28)24-14(9(2)25)18(31)32)22-17(30)12(3-4-13(26)27)23-16(29)11(19)5-10-6-20-7-21-10/h6-9,11-12,14,25H,3-5,19H2,1-2H3,(H,20,21)(H,22,30)(H,23,29)(H,24,28)(H,26,27)(H,31,32). The molecular formula is C18H28N6O8. The summed E-state index contributed by atoms with van der Waals surface area (Å²) in [5, 5.41) is 34.1. The van der Waals surface area contributed by atoms with Crippen LogP contribution in [-0.2, 0) is 30.4 Å². The summed E-state index contributed by atoms with van der Waals surface area (Å²) in [4.78, 5) is 65.7. The molecule has 14 heteroatoms. The second-order valence-corrected chi connectivity index (χ2v) is 7.18. The average molecular weight is 456 g/mol. The third kappa shape index (κ3) is 8.69. The summed E-state index contributed by atoms with van der Waals surface area (Å²) in [6, 6.07) is -5.21. The van der Waals surface area contributed by atoms with Crippen molar-refractivity contribution in [3.8, 4) is 0 Å². The highest BCUT2D eigenvalue weighted by molar-refractivity contribution is 5.94. The number of hydrogen-bond acceptors (Lipinski definition) is 8. The predicted molar refractivity (Wildman–Crippen MR) is 108 cm³/mol. The van der Waals surface area contributed by atoms with Gasteiger partial charge in [0, 0.05) is 24.7 Å². The summed E-state index contributed by atoms with van der Waals surface area (Å²) in [6.45, 7) is 2.43. The lowest BCUT2D eigenvalue weighted by molar-refractivity contribution is -0.145. The van der Waals surface area contributed by atoms with Gasteiger partial charge in [-0.1, -0.05) is 0 Å². The van der Waals surface area contributed by atoms with Gasteiger partial charge in [-0.05, 0) is 20.3 Å². The first kappa shape index (κ1) is 26.5. The SMILES string of the molecule is CC(NC(=O)C(CCC(=O)O)NC(=O)C(N)Cc1cnc[nH]1)C(=O)NC(C(=O)O)C(C)O. The third-order valence-corrected chi connectivity index (χ3v) is 4.41. The predicted octanol–water partition coefficient (Wildman–Crippen LogP) is -2.92. The van der Waals surface area contributed by atoms with Gasteiger partial charge >= 0.3 is 11.9 Å². The number of imidazole rings is 1. The van der Waals surface area contributed by atoms with Gasteiger partial charge in [-0.3, -0.25) is 19.2 Å². The first-order valence-corrected chi connectivity index (χ1v) is 9.69. The van der Waals surface area contributed by atoms with Crippen molar-refractivity contribution in [1.82, 2.24) is 25.9 Å². The van der Waals surface area contributed by atoms with Gasteiger partial charge < -0.3 is 42.0 Å². The van der Waals surface area contributed by atoms with Crippen LogP contribution in [0.25, 0.3) is 0 Å². The minimum absolute atomic E-state index is 0.0911. The lowest BCUT2D eigenvalue weighted by atomic mass is 10.1. The Morgan fingerprint density at radius 1 is 1.06 bits per heavy atom. The molecule has 0 fully saturated rings. The molecule has 14 nitrogen and oxygen atoms in total. The molecule has 178 valence electrons. The molecule has 1 aromatic heterocycles. The molecule has 5 unspecified atom stereocenters. The van der Waals surface area contributed by atoms with Crippen molar-refractivity contribution in [2.75, 3.05) is 0 Å². The maximum atomic E-state index is 12.6. The topological polar surface area (TPSA) is 237 Å². The number of nitrogens with two attached hydrogens (primary N) is 1. The van der Waals surface area contributed by atoms with Crippen LogP contribution < -0.4 is 21.7 Å². The Labute approximate surface area is 183 Å². The Balaban J connectivity index is 2.78. The van der Waals surface area contributed by atoms with Crippen molar-refractivity contribution < 1.29 is 39.3 Å². The zero-order valence-electron chi connectivity index (χ0n) is 17.6. The van der Waals surface area contributed by atoms with Crippen LogP contribution in [0.5, 0.6) is 0 Å². The van der Waals surface area contributed by atoms with Gasteiger partial charge in [0.2, 0.25) is 17.7 Å². The van der Waals surface area contributed by atoms with E-state index in [1.807, 2.05) is 0 Å². The van der Waals surface area contributed by atoms with Gasteiger partial charge in [0.15, 0.2) is 6.04 Å². The van der Waals surface area contributed by atoms with Gasteiger partial charge in [0.1, 0.15) is 12.1 Å². The monoisotopic (exact) mass is 456 g/mol. The van der Waals surface area contributed by atoms with Crippen LogP contribution >= 0.6 is 0 Å². The van der Waals surface area contributed by atoms with E-state index in [4.69, 9.17) is 15.9 Å². The number of aliphatic hydroxyl groups is 1. The Bertz CT molecular complexity index is 812. The first-order chi connectivity index (χ1) is 14.9. The van der Waals surface area contributed by atoms with E-state index < -0.39 is 66.4 Å². The van der Waals surface area contributed by atoms with Gasteiger partial charge in [0.25, 0.3) is 0 Å². The lowest BCUT2D eigenvalue weighted by Crippen LogP contribution is -2.57. The maximum absolute atomic E-state index is 12.6. The van der Waals surface area contributed by atoms with Gasteiger partial charge in [0.05, 0.1) is 18.5 Å². The number of aromatic amines is 1. The molecule has 1 rings (SSSR count). The maximum Gasteiger partial charge on any atom is 0.328 e. The number of carbonyl (C=O) groups excluding carboxylic acids is 3. The quantitative estimate of drug-likeness (QED) is 0.150. The summed E-state index contributed by atoms with van der Waals surface area (Å²) >= 11 is 0. The highest BCUT2D eigenvalue weighted by Gasteiger charge is 2.30. The Kier molecular flexibility index (Phi) is 10.2. The average Bonchev–Trinajstić information content (AvgIpc) is 3.20. The zero-order valence-corrected chi connectivity index (χ0v) is 17.6. The van der Waals surface area contributed by atoms with E-state index in [1.165, 1.54) is 26.4 Å². The Morgan fingerprint density at radius 2 is 1.72 bits per heavy atom. The molecule has 0 aromatic carbocycles. The van der Waals surface area contributed by atoms with Crippen LogP contribution in [0.3, 0.4) is 0 Å². The van der Waals surface area contributed by atoms with Crippen molar-refractivity contribution >= 4 is 29.7 Å². The number of H-pyrrole nitrogens is 1. The highest BCUT2D eigenvalue weighted by atomic mass is 16.4. The number of amides is 3. The number of aromatic nitrogens is 2. The molecule has 32 heavy (non-hydrogen) atoms. The van der Waals surface area contributed by atoms with Gasteiger partial charge in [-0.2, -0.15) is 0 Å². The number of nitrogens with zero attached hydrogens (tertiary/aromatic N) is 1. The molecule has 5 atom stereocenters. The van der Waals surface area contributed by atoms with E-state index in [9.17, 15) is 29.1 Å². The zero-order chi connectivity index (χ0) is 24.4. The second-order valence-electron chi connectivity index (χ2n) is 7.18. The van der Waals surface area contributed by atoms with E-state index in [1.54, 1.807) is 0 Å². The van der Waals surface area contributed by atoms with E-state index in [0.29, 0.717) is 5.69 Å². The summed E-state index contributed by atoms with van der Waals surface area (Å²) in [7, 11) is 0. The molecule has 0 spiro atoms. The van der Waals surface area contributed by atoms with Crippen LogP contribution in [0.4, 0.5) is 0 Å². The first-order valence-electron chi connectivity index (χ1n) is 9.69. The van der Waals surface area contributed by atoms with E-state index in [-0.39, 0.29) is 12.8 Å². The smallest absolute Gasteiger partial charge is 0.328 e. The molecule has 0 aliphatic heterocycles. The number of rotatable bonds is 13. The van der Waals surface area contributed by atoms with Crippen molar-refractivity contribution in [3.05, 3.63) is 18.2 Å². The number of carbonyl (C=O) groups is 5. The van der Waals surface area contributed by atoms with E-state index >= 15 is 0 Å². The number of hydrogen-bond donors (Lipinski definition) is 8. The van der Waals surface area contributed by atoms with Gasteiger partial charge in [-0.15, -0.1) is 0 Å². The molecule has 0 radical (unpaired) electrons. The Morgan fingerprint density at radius 3 is 2.22 bits per heavy atom. The molecule has 3 amide bonds. The fourth-order valence-electron chi connectivity index (χ4n) is 2.59. The minimum Gasteiger partial charge on any atom is -0.481 e. The molecule has 0 aliphatic rings. The number of nitrogens with one attached hydrogen (secondary N) is 4. The molecule has 1 heterocycles. The fraction of sp³-hybridized carbons (Fsp3) is 0.556. The van der Waals surface area contributed by atoms with Crippen LogP contribution in [0, 0.1) is 0 Å². The molecule has 0 aliphatic carbocycles. The molecule has 1 aromatic rings. The third-order valence-electron chi connectivity index (χ3n) is 4.41. The number of aliphatic hydroxyl groups excluding tert-OH is 1. The minimum atomic E-state index is -1.59. The largest absolute Gasteiger partial charge is 0.481 e. The van der Waals surface area contributed by atoms with Crippen LogP contribution in [0.2, 0.25) is 0 Å². The normalized spacial score (nSPS) is 15.5. The second kappa shape index (κ2) is 12.4. The lowest BCUT2D eigenvalue weighted by Gasteiger charge is -2.23. The number of aliphatic carboxylic acids is 2. The van der Waals surface area contributed by atoms with Crippen LogP contribution in [0.1, 0.15) is 32.4 Å². The summed E-state index contributed by atoms with van der Waals surface area (Å²) < 4.78 is 0. The molecule has 0 saturated carbocycles. The van der Waals surface area contributed by atoms with Crippen LogP contribution in [-0.4, -0.2) is 85.2 Å². The molecule has 0 saturated heterocycles. The summed E-state index contributed by atoms with van der Waals surface area (Å²) in [6.07, 6.45) is 0.856. The van der Waals surface area contributed by atoms with E-state index in [2.05, 4.69) is 25.9 Å². The molecule has 0 bridgehead atoms. The fourth-order valence-corrected chi connectivity index (χ4v) is 2.59. The van der Waals surface area contributed by atoms with E-state index in [0.717, 1.165) is 0 Å².